The Morgan fingerprint density at radius 1 is 0.957 bits per heavy atom. The van der Waals surface area contributed by atoms with Crippen LogP contribution in [-0.4, -0.2) is 28.9 Å². The lowest BCUT2D eigenvalue weighted by molar-refractivity contribution is 0.136. The molecular formula is C20H23NO2. The Balaban J connectivity index is 1.94. The second kappa shape index (κ2) is 6.28. The third-order valence-electron chi connectivity index (χ3n) is 4.32. The van der Waals surface area contributed by atoms with Gasteiger partial charge in [-0.2, -0.15) is 0 Å². The smallest absolute Gasteiger partial charge is 0.0914 e. The van der Waals surface area contributed by atoms with E-state index in [9.17, 15) is 10.2 Å². The number of rotatable bonds is 5. The normalized spacial score (nSPS) is 13.6. The van der Waals surface area contributed by atoms with E-state index >= 15 is 0 Å². The summed E-state index contributed by atoms with van der Waals surface area (Å²) in [6, 6.07) is 18.6. The highest BCUT2D eigenvalue weighted by Crippen LogP contribution is 2.28. The van der Waals surface area contributed by atoms with Gasteiger partial charge >= 0.3 is 0 Å². The summed E-state index contributed by atoms with van der Waals surface area (Å²) in [7, 11) is 0. The predicted octanol–water partition coefficient (Wildman–Crippen LogP) is 3.39. The zero-order chi connectivity index (χ0) is 16.4. The molecule has 0 aliphatic carbocycles. The van der Waals surface area contributed by atoms with Crippen molar-refractivity contribution in [1.29, 1.82) is 0 Å². The average molecular weight is 309 g/mol. The molecule has 0 aromatic heterocycles. The van der Waals surface area contributed by atoms with Crippen molar-refractivity contribution in [2.45, 2.75) is 25.5 Å². The van der Waals surface area contributed by atoms with Crippen molar-refractivity contribution in [3.05, 3.63) is 60.2 Å². The van der Waals surface area contributed by atoms with E-state index in [0.29, 0.717) is 6.54 Å². The Kier molecular flexibility index (Phi) is 4.35. The topological polar surface area (TPSA) is 52.5 Å². The number of aliphatic hydroxyl groups is 2. The average Bonchev–Trinajstić information content (AvgIpc) is 2.59. The van der Waals surface area contributed by atoms with Crippen LogP contribution in [0.2, 0.25) is 0 Å². The van der Waals surface area contributed by atoms with Crippen LogP contribution in [0, 0.1) is 0 Å². The Morgan fingerprint density at radius 3 is 2.35 bits per heavy atom. The number of hydrogen-bond donors (Lipinski definition) is 3. The number of fused-ring (bicyclic) bond motifs is 3. The maximum atomic E-state index is 10.5. The summed E-state index contributed by atoms with van der Waals surface area (Å²) in [6.45, 7) is 4.26. The lowest BCUT2D eigenvalue weighted by Gasteiger charge is -2.25. The molecule has 3 N–H and O–H groups in total. The van der Waals surface area contributed by atoms with Gasteiger partial charge < -0.3 is 15.5 Å². The molecule has 0 fully saturated rings. The molecule has 0 heterocycles. The molecule has 0 saturated carbocycles. The zero-order valence-electron chi connectivity index (χ0n) is 13.6. The summed E-state index contributed by atoms with van der Waals surface area (Å²) in [4.78, 5) is 0. The highest BCUT2D eigenvalue weighted by Gasteiger charge is 2.18. The van der Waals surface area contributed by atoms with Gasteiger partial charge in [0.1, 0.15) is 0 Å². The van der Waals surface area contributed by atoms with Crippen LogP contribution >= 0.6 is 0 Å². The quantitative estimate of drug-likeness (QED) is 0.633. The van der Waals surface area contributed by atoms with Crippen LogP contribution in [0.5, 0.6) is 0 Å². The summed E-state index contributed by atoms with van der Waals surface area (Å²) in [5.41, 5.74) is 0.486. The van der Waals surface area contributed by atoms with Gasteiger partial charge in [-0.1, -0.05) is 48.5 Å². The fourth-order valence-corrected chi connectivity index (χ4v) is 2.77. The maximum absolute atomic E-state index is 10.5. The number of β-amino-alcohol motifs (C(OH)–C–C–N with tert-alkyl or cyclic N) is 1. The fourth-order valence-electron chi connectivity index (χ4n) is 2.77. The van der Waals surface area contributed by atoms with Crippen molar-refractivity contribution >= 4 is 21.5 Å². The first-order chi connectivity index (χ1) is 11.0. The van der Waals surface area contributed by atoms with Crippen LogP contribution in [0.4, 0.5) is 0 Å². The van der Waals surface area contributed by atoms with Crippen molar-refractivity contribution in [2.24, 2.45) is 0 Å². The highest BCUT2D eigenvalue weighted by molar-refractivity contribution is 6.07. The molecule has 0 aliphatic heterocycles. The number of aliphatic hydroxyl groups excluding tert-OH is 2. The molecule has 0 unspecified atom stereocenters. The van der Waals surface area contributed by atoms with Gasteiger partial charge in [-0.25, -0.2) is 0 Å². The minimum atomic E-state index is -0.607. The van der Waals surface area contributed by atoms with Gasteiger partial charge in [0, 0.05) is 12.1 Å². The van der Waals surface area contributed by atoms with Crippen molar-refractivity contribution in [3.63, 3.8) is 0 Å². The molecule has 3 rings (SSSR count). The number of nitrogens with one attached hydrogen (secondary N) is 1. The second-order valence-electron chi connectivity index (χ2n) is 6.71. The first kappa shape index (κ1) is 15.9. The molecular weight excluding hydrogens is 286 g/mol. The summed E-state index contributed by atoms with van der Waals surface area (Å²) < 4.78 is 0. The van der Waals surface area contributed by atoms with Crippen LogP contribution < -0.4 is 5.32 Å². The van der Waals surface area contributed by atoms with Gasteiger partial charge in [0.15, 0.2) is 0 Å². The van der Waals surface area contributed by atoms with Crippen LogP contribution in [0.15, 0.2) is 54.6 Å². The van der Waals surface area contributed by atoms with Gasteiger partial charge in [0.25, 0.3) is 0 Å². The van der Waals surface area contributed by atoms with Crippen LogP contribution in [0.1, 0.15) is 25.5 Å². The van der Waals surface area contributed by atoms with Crippen molar-refractivity contribution in [1.82, 2.24) is 5.32 Å². The molecule has 0 bridgehead atoms. The van der Waals surface area contributed by atoms with Gasteiger partial charge in [0.05, 0.1) is 12.7 Å². The van der Waals surface area contributed by atoms with Crippen LogP contribution in [-0.2, 0) is 0 Å². The molecule has 23 heavy (non-hydrogen) atoms. The molecule has 3 aromatic rings. The van der Waals surface area contributed by atoms with Crippen LogP contribution in [0.25, 0.3) is 21.5 Å². The third kappa shape index (κ3) is 3.37. The van der Waals surface area contributed by atoms with Gasteiger partial charge in [0.2, 0.25) is 0 Å². The Labute approximate surface area is 136 Å². The van der Waals surface area contributed by atoms with E-state index < -0.39 is 11.6 Å². The molecule has 3 aromatic carbocycles. The lowest BCUT2D eigenvalue weighted by atomic mass is 9.98. The van der Waals surface area contributed by atoms with E-state index in [2.05, 4.69) is 41.7 Å². The highest BCUT2D eigenvalue weighted by atomic mass is 16.3. The largest absolute Gasteiger partial charge is 0.394 e. The molecule has 0 saturated heterocycles. The lowest BCUT2D eigenvalue weighted by Crippen LogP contribution is -2.44. The van der Waals surface area contributed by atoms with Crippen molar-refractivity contribution in [2.75, 3.05) is 13.2 Å². The van der Waals surface area contributed by atoms with E-state index in [1.165, 1.54) is 16.2 Å². The van der Waals surface area contributed by atoms with E-state index in [4.69, 9.17) is 0 Å². The van der Waals surface area contributed by atoms with Crippen molar-refractivity contribution < 1.29 is 10.2 Å². The summed E-state index contributed by atoms with van der Waals surface area (Å²) in [6.07, 6.45) is -0.607. The molecule has 0 aliphatic rings. The van der Waals surface area contributed by atoms with Gasteiger partial charge in [-0.05, 0) is 47.0 Å². The van der Waals surface area contributed by atoms with E-state index in [0.717, 1.165) is 10.9 Å². The summed E-state index contributed by atoms with van der Waals surface area (Å²) >= 11 is 0. The molecule has 120 valence electrons. The van der Waals surface area contributed by atoms with Crippen LogP contribution in [0.3, 0.4) is 0 Å². The SMILES string of the molecule is CC(C)(CO)NC[C@H](O)c1ccc2ccc3ccccc3c2c1. The van der Waals surface area contributed by atoms with E-state index in [1.807, 2.05) is 32.0 Å². The zero-order valence-corrected chi connectivity index (χ0v) is 13.6. The minimum Gasteiger partial charge on any atom is -0.394 e. The molecule has 3 nitrogen and oxygen atoms in total. The molecule has 0 spiro atoms. The standard InChI is InChI=1S/C20H23NO2/c1-20(2,13-22)21-12-19(23)16-10-9-15-8-7-14-5-3-4-6-17(14)18(15)11-16/h3-11,19,21-23H,12-13H2,1-2H3/t19-/m0/s1. The summed E-state index contributed by atoms with van der Waals surface area (Å²) in [5, 5.41) is 27.7. The Bertz CT molecular complexity index is 826. The number of benzene rings is 3. The fraction of sp³-hybridized carbons (Fsp3) is 0.300. The van der Waals surface area contributed by atoms with Gasteiger partial charge in [-0.3, -0.25) is 0 Å². The minimum absolute atomic E-state index is 0.0298. The predicted molar refractivity (Wildman–Crippen MR) is 95.6 cm³/mol. The molecule has 0 radical (unpaired) electrons. The monoisotopic (exact) mass is 309 g/mol. The van der Waals surface area contributed by atoms with Crippen molar-refractivity contribution in [3.8, 4) is 0 Å². The Morgan fingerprint density at radius 2 is 1.61 bits per heavy atom. The van der Waals surface area contributed by atoms with E-state index in [1.54, 1.807) is 0 Å². The molecule has 3 heteroatoms. The first-order valence-electron chi connectivity index (χ1n) is 7.95. The number of hydrogen-bond acceptors (Lipinski definition) is 3. The Hall–Kier alpha value is -1.94. The second-order valence-corrected chi connectivity index (χ2v) is 6.71. The maximum Gasteiger partial charge on any atom is 0.0914 e. The first-order valence-corrected chi connectivity index (χ1v) is 7.95. The summed E-state index contributed by atoms with van der Waals surface area (Å²) in [5.74, 6) is 0. The third-order valence-corrected chi connectivity index (χ3v) is 4.32. The van der Waals surface area contributed by atoms with Gasteiger partial charge in [-0.15, -0.1) is 0 Å². The molecule has 0 amide bonds. The van der Waals surface area contributed by atoms with E-state index in [-0.39, 0.29) is 6.61 Å². The molecule has 1 atom stereocenters.